The van der Waals surface area contributed by atoms with Crippen LogP contribution in [-0.2, 0) is 31.6 Å². The normalized spacial score (nSPS) is 25.9. The number of halogens is 3. The molecule has 2 N–H and O–H groups in total. The summed E-state index contributed by atoms with van der Waals surface area (Å²) < 4.78 is 54.1. The monoisotopic (exact) mass is 480 g/mol. The van der Waals surface area contributed by atoms with Gasteiger partial charge in [-0.1, -0.05) is 0 Å². The van der Waals surface area contributed by atoms with Gasteiger partial charge in [0.25, 0.3) is 0 Å². The fraction of sp³-hybridized carbons (Fsp3) is 0.364. The molecule has 1 aromatic carbocycles. The van der Waals surface area contributed by atoms with Gasteiger partial charge in [-0.25, -0.2) is 4.98 Å². The largest absolute Gasteiger partial charge is 0.494 e. The third-order valence-electron chi connectivity index (χ3n) is 6.31. The van der Waals surface area contributed by atoms with E-state index in [1.54, 1.807) is 19.2 Å². The molecule has 2 bridgehead atoms. The maximum absolute atomic E-state index is 13.9. The SMILES string of the molecule is CC(=O)O[C@H]1C[C@@]2(C)O[C@]1(C)c1c2c(O)n(-c2ccc(-c3nccs3)c(C(F)(F)F)c2)c1O. The van der Waals surface area contributed by atoms with Gasteiger partial charge < -0.3 is 19.7 Å². The van der Waals surface area contributed by atoms with Crippen LogP contribution >= 0.6 is 11.3 Å². The summed E-state index contributed by atoms with van der Waals surface area (Å²) in [5.41, 5.74) is -3.03. The second-order valence-corrected chi connectivity index (χ2v) is 9.43. The number of aromatic nitrogens is 2. The Hall–Kier alpha value is -3.05. The van der Waals surface area contributed by atoms with E-state index in [1.165, 1.54) is 25.3 Å². The van der Waals surface area contributed by atoms with E-state index in [1.807, 2.05) is 0 Å². The highest BCUT2D eigenvalue weighted by Gasteiger charge is 2.66. The molecule has 2 aliphatic rings. The summed E-state index contributed by atoms with van der Waals surface area (Å²) in [4.78, 5) is 15.5. The van der Waals surface area contributed by atoms with Gasteiger partial charge in [0.15, 0.2) is 0 Å². The van der Waals surface area contributed by atoms with Crippen LogP contribution in [0, 0.1) is 0 Å². The Bertz CT molecular complexity index is 1290. The second kappa shape index (κ2) is 6.73. The van der Waals surface area contributed by atoms with E-state index in [9.17, 15) is 28.2 Å². The average molecular weight is 480 g/mol. The smallest absolute Gasteiger partial charge is 0.417 e. The lowest BCUT2D eigenvalue weighted by Gasteiger charge is -2.28. The summed E-state index contributed by atoms with van der Waals surface area (Å²) in [7, 11) is 0. The molecule has 174 valence electrons. The van der Waals surface area contributed by atoms with Crippen molar-refractivity contribution in [1.29, 1.82) is 0 Å². The highest BCUT2D eigenvalue weighted by Crippen LogP contribution is 2.65. The quantitative estimate of drug-likeness (QED) is 0.522. The summed E-state index contributed by atoms with van der Waals surface area (Å²) in [5.74, 6) is -1.43. The molecule has 4 heterocycles. The number of carbonyl (C=O) groups is 1. The maximum Gasteiger partial charge on any atom is 0.417 e. The molecular weight excluding hydrogens is 461 g/mol. The van der Waals surface area contributed by atoms with Crippen molar-refractivity contribution in [1.82, 2.24) is 9.55 Å². The Balaban J connectivity index is 1.69. The number of hydrogen-bond donors (Lipinski definition) is 2. The van der Waals surface area contributed by atoms with Crippen LogP contribution < -0.4 is 0 Å². The van der Waals surface area contributed by atoms with Crippen LogP contribution in [0.4, 0.5) is 13.2 Å². The predicted molar refractivity (Wildman–Crippen MR) is 111 cm³/mol. The standard InChI is InChI=1S/C22H19F3N2O5S/c1-10(28)31-14-9-20(2)15-16(21(14,3)32-20)19(30)27(18(15)29)11-4-5-12(17-26-6-7-33-17)13(8-11)22(23,24)25/h4-8,14,29-30H,9H2,1-3H3/t14-,20+,21-/m0/s1. The zero-order valence-electron chi connectivity index (χ0n) is 17.7. The van der Waals surface area contributed by atoms with E-state index >= 15 is 0 Å². The molecule has 0 radical (unpaired) electrons. The molecule has 3 aromatic rings. The van der Waals surface area contributed by atoms with E-state index in [4.69, 9.17) is 9.47 Å². The Morgan fingerprint density at radius 2 is 1.97 bits per heavy atom. The van der Waals surface area contributed by atoms with Gasteiger partial charge in [0.05, 0.1) is 22.4 Å². The van der Waals surface area contributed by atoms with E-state index in [0.29, 0.717) is 0 Å². The van der Waals surface area contributed by atoms with Gasteiger partial charge in [-0.3, -0.25) is 9.36 Å². The Labute approximate surface area is 190 Å². The predicted octanol–water partition coefficient (Wildman–Crippen LogP) is 4.83. The number of nitrogens with zero attached hydrogens (tertiary/aromatic N) is 2. The molecule has 7 nitrogen and oxygen atoms in total. The number of hydrogen-bond acceptors (Lipinski definition) is 7. The zero-order chi connectivity index (χ0) is 23.9. The van der Waals surface area contributed by atoms with Gasteiger partial charge in [-0.15, -0.1) is 11.3 Å². The van der Waals surface area contributed by atoms with Crippen LogP contribution in [0.1, 0.15) is 43.9 Å². The summed E-state index contributed by atoms with van der Waals surface area (Å²) in [6, 6.07) is 3.50. The van der Waals surface area contributed by atoms with Crippen molar-refractivity contribution in [3.05, 3.63) is 46.5 Å². The first-order chi connectivity index (χ1) is 15.4. The van der Waals surface area contributed by atoms with Crippen LogP contribution in [0.25, 0.3) is 16.3 Å². The van der Waals surface area contributed by atoms with Crippen molar-refractivity contribution in [2.75, 3.05) is 0 Å². The topological polar surface area (TPSA) is 93.8 Å². The third-order valence-corrected chi connectivity index (χ3v) is 7.12. The first-order valence-corrected chi connectivity index (χ1v) is 10.9. The molecule has 0 aliphatic carbocycles. The van der Waals surface area contributed by atoms with Gasteiger partial charge in [0.2, 0.25) is 11.8 Å². The lowest BCUT2D eigenvalue weighted by atomic mass is 9.78. The van der Waals surface area contributed by atoms with Crippen molar-refractivity contribution >= 4 is 17.3 Å². The van der Waals surface area contributed by atoms with Gasteiger partial charge >= 0.3 is 12.1 Å². The van der Waals surface area contributed by atoms with Gasteiger partial charge in [0, 0.05) is 30.5 Å². The number of fused-ring (bicyclic) bond motifs is 5. The highest BCUT2D eigenvalue weighted by molar-refractivity contribution is 7.13. The number of thiazole rings is 1. The fourth-order valence-corrected chi connectivity index (χ4v) is 5.73. The van der Waals surface area contributed by atoms with E-state index in [0.717, 1.165) is 22.0 Å². The molecule has 0 spiro atoms. The van der Waals surface area contributed by atoms with E-state index in [2.05, 4.69) is 4.98 Å². The lowest BCUT2D eigenvalue weighted by Crippen LogP contribution is -2.36. The number of aromatic hydroxyl groups is 2. The van der Waals surface area contributed by atoms with Crippen LogP contribution in [0.5, 0.6) is 11.8 Å². The van der Waals surface area contributed by atoms with E-state index in [-0.39, 0.29) is 33.8 Å². The van der Waals surface area contributed by atoms with Gasteiger partial charge in [-0.2, -0.15) is 13.2 Å². The molecule has 2 aliphatic heterocycles. The number of esters is 1. The van der Waals surface area contributed by atoms with E-state index < -0.39 is 46.8 Å². The zero-order valence-corrected chi connectivity index (χ0v) is 18.5. The number of carbonyl (C=O) groups excluding carboxylic acids is 1. The first-order valence-electron chi connectivity index (χ1n) is 10.0. The summed E-state index contributed by atoms with van der Waals surface area (Å²) in [6.45, 7) is 4.55. The average Bonchev–Trinajstić information content (AvgIpc) is 3.42. The number of benzene rings is 1. The molecular formula is C22H19F3N2O5S. The molecule has 1 saturated heterocycles. The highest BCUT2D eigenvalue weighted by atomic mass is 32.1. The van der Waals surface area contributed by atoms with Gasteiger partial charge in [0.1, 0.15) is 22.3 Å². The molecule has 0 unspecified atom stereocenters. The summed E-state index contributed by atoms with van der Waals surface area (Å²) in [5, 5.41) is 23.9. The molecule has 33 heavy (non-hydrogen) atoms. The fourth-order valence-electron chi connectivity index (χ4n) is 5.06. The maximum atomic E-state index is 13.9. The van der Waals surface area contributed by atoms with Crippen molar-refractivity contribution < 1.29 is 37.7 Å². The first kappa shape index (κ1) is 21.8. The summed E-state index contributed by atoms with van der Waals surface area (Å²) in [6.07, 6.45) is -3.78. The molecule has 2 aromatic heterocycles. The summed E-state index contributed by atoms with van der Waals surface area (Å²) >= 11 is 1.07. The number of rotatable bonds is 3. The van der Waals surface area contributed by atoms with Crippen LogP contribution in [-0.4, -0.2) is 31.8 Å². The van der Waals surface area contributed by atoms with Crippen molar-refractivity contribution in [3.8, 4) is 28.0 Å². The van der Waals surface area contributed by atoms with Crippen LogP contribution in [0.3, 0.4) is 0 Å². The molecule has 3 atom stereocenters. The lowest BCUT2D eigenvalue weighted by molar-refractivity contribution is -0.157. The van der Waals surface area contributed by atoms with Gasteiger partial charge in [-0.05, 0) is 32.0 Å². The molecule has 0 amide bonds. The minimum absolute atomic E-state index is 0.0809. The number of alkyl halides is 3. The molecule has 11 heteroatoms. The Morgan fingerprint density at radius 1 is 1.27 bits per heavy atom. The van der Waals surface area contributed by atoms with Crippen molar-refractivity contribution in [2.45, 2.75) is 50.7 Å². The van der Waals surface area contributed by atoms with Crippen molar-refractivity contribution in [3.63, 3.8) is 0 Å². The number of ether oxygens (including phenoxy) is 2. The third kappa shape index (κ3) is 2.98. The van der Waals surface area contributed by atoms with Crippen molar-refractivity contribution in [2.24, 2.45) is 0 Å². The van der Waals surface area contributed by atoms with Crippen LogP contribution in [0.2, 0.25) is 0 Å². The minimum Gasteiger partial charge on any atom is -0.494 e. The molecule has 0 saturated carbocycles. The minimum atomic E-state index is -4.70. The second-order valence-electron chi connectivity index (χ2n) is 8.54. The van der Waals surface area contributed by atoms with Crippen LogP contribution in [0.15, 0.2) is 29.8 Å². The Morgan fingerprint density at radius 3 is 2.58 bits per heavy atom. The molecule has 5 rings (SSSR count). The Kier molecular flexibility index (Phi) is 4.44. The molecule has 1 fully saturated rings.